The van der Waals surface area contributed by atoms with Crippen LogP contribution in [0.4, 0.5) is 0 Å². The molecule has 1 aromatic carbocycles. The van der Waals surface area contributed by atoms with Gasteiger partial charge < -0.3 is 0 Å². The van der Waals surface area contributed by atoms with Gasteiger partial charge in [-0.05, 0) is 20.8 Å². The predicted molar refractivity (Wildman–Crippen MR) is 79.8 cm³/mol. The summed E-state index contributed by atoms with van der Waals surface area (Å²) in [6.07, 6.45) is 3.16. The molecule has 1 heterocycles. The van der Waals surface area contributed by atoms with Crippen LogP contribution in [-0.4, -0.2) is 23.1 Å². The fourth-order valence-electron chi connectivity index (χ4n) is 1.60. The molecule has 5 heteroatoms. The van der Waals surface area contributed by atoms with Crippen molar-refractivity contribution >= 4 is 9.84 Å². The summed E-state index contributed by atoms with van der Waals surface area (Å²) in [7, 11) is -3.21. The van der Waals surface area contributed by atoms with Crippen molar-refractivity contribution in [2.75, 3.05) is 0 Å². The van der Waals surface area contributed by atoms with Gasteiger partial charge in [0.15, 0.2) is 15.7 Å². The van der Waals surface area contributed by atoms with Gasteiger partial charge in [-0.2, -0.15) is 0 Å². The molecule has 0 aliphatic carbocycles. The Morgan fingerprint density at radius 2 is 1.55 bits per heavy atom. The molecule has 4 nitrogen and oxygen atoms in total. The zero-order chi connectivity index (χ0) is 14.8. The van der Waals surface area contributed by atoms with Gasteiger partial charge >= 0.3 is 0 Å². The van der Waals surface area contributed by atoms with E-state index in [-0.39, 0.29) is 5.75 Å². The van der Waals surface area contributed by atoms with Crippen molar-refractivity contribution in [3.05, 3.63) is 48.3 Å². The molecular weight excluding hydrogens is 272 g/mol. The van der Waals surface area contributed by atoms with E-state index in [4.69, 9.17) is 0 Å². The third-order valence-electron chi connectivity index (χ3n) is 3.03. The number of sulfone groups is 1. The average Bonchev–Trinajstić information content (AvgIpc) is 2.39. The van der Waals surface area contributed by atoms with Crippen molar-refractivity contribution < 1.29 is 8.42 Å². The van der Waals surface area contributed by atoms with Crippen LogP contribution >= 0.6 is 0 Å². The Morgan fingerprint density at radius 1 is 1.00 bits per heavy atom. The molecule has 1 aromatic heterocycles. The van der Waals surface area contributed by atoms with Crippen molar-refractivity contribution in [3.8, 4) is 11.4 Å². The zero-order valence-electron chi connectivity index (χ0n) is 11.9. The summed E-state index contributed by atoms with van der Waals surface area (Å²) in [5.41, 5.74) is 1.53. The van der Waals surface area contributed by atoms with Crippen LogP contribution in [0.1, 0.15) is 26.3 Å². The molecule has 0 amide bonds. The Kier molecular flexibility index (Phi) is 3.90. The molecule has 20 heavy (non-hydrogen) atoms. The SMILES string of the molecule is CC(C)(C)S(=O)(=O)Cc1cnc(-c2ccccc2)nc1. The van der Waals surface area contributed by atoms with Crippen molar-refractivity contribution in [2.45, 2.75) is 31.3 Å². The minimum atomic E-state index is -3.21. The Balaban J connectivity index is 2.22. The topological polar surface area (TPSA) is 59.9 Å². The Morgan fingerprint density at radius 3 is 2.05 bits per heavy atom. The maximum atomic E-state index is 12.1. The Hall–Kier alpha value is -1.75. The molecule has 0 spiro atoms. The van der Waals surface area contributed by atoms with Gasteiger partial charge in [0.2, 0.25) is 0 Å². The summed E-state index contributed by atoms with van der Waals surface area (Å²) in [5, 5.41) is 0. The lowest BCUT2D eigenvalue weighted by Crippen LogP contribution is -2.29. The molecule has 2 aromatic rings. The maximum Gasteiger partial charge on any atom is 0.159 e. The zero-order valence-corrected chi connectivity index (χ0v) is 12.7. The summed E-state index contributed by atoms with van der Waals surface area (Å²) in [6, 6.07) is 9.59. The number of benzene rings is 1. The smallest absolute Gasteiger partial charge is 0.159 e. The second-order valence-corrected chi connectivity index (χ2v) is 8.40. The van der Waals surface area contributed by atoms with Gasteiger partial charge in [-0.15, -0.1) is 0 Å². The van der Waals surface area contributed by atoms with Crippen LogP contribution in [0.2, 0.25) is 0 Å². The maximum absolute atomic E-state index is 12.1. The summed E-state index contributed by atoms with van der Waals surface area (Å²) in [6.45, 7) is 5.09. The summed E-state index contributed by atoms with van der Waals surface area (Å²) in [5.74, 6) is 0.563. The van der Waals surface area contributed by atoms with Crippen LogP contribution in [-0.2, 0) is 15.6 Å². The quantitative estimate of drug-likeness (QED) is 0.872. The van der Waals surface area contributed by atoms with E-state index in [1.54, 1.807) is 33.2 Å². The number of nitrogens with zero attached hydrogens (tertiary/aromatic N) is 2. The van der Waals surface area contributed by atoms with Gasteiger partial charge in [-0.3, -0.25) is 0 Å². The van der Waals surface area contributed by atoms with Crippen LogP contribution in [0.25, 0.3) is 11.4 Å². The molecule has 0 aliphatic heterocycles. The minimum Gasteiger partial charge on any atom is -0.236 e. The molecule has 2 rings (SSSR count). The molecule has 0 unspecified atom stereocenters. The normalized spacial score (nSPS) is 12.3. The van der Waals surface area contributed by atoms with Crippen LogP contribution in [0.5, 0.6) is 0 Å². The van der Waals surface area contributed by atoms with E-state index in [1.165, 1.54) is 0 Å². The van der Waals surface area contributed by atoms with Crippen molar-refractivity contribution in [2.24, 2.45) is 0 Å². The van der Waals surface area contributed by atoms with Crippen LogP contribution in [0, 0.1) is 0 Å². The highest BCUT2D eigenvalue weighted by Crippen LogP contribution is 2.20. The Bertz CT molecular complexity index is 672. The molecule has 0 saturated carbocycles. The van der Waals surface area contributed by atoms with Crippen molar-refractivity contribution in [3.63, 3.8) is 0 Å². The molecule has 106 valence electrons. The first-order valence-electron chi connectivity index (χ1n) is 6.38. The second-order valence-electron chi connectivity index (χ2n) is 5.65. The van der Waals surface area contributed by atoms with Gasteiger partial charge in [0.25, 0.3) is 0 Å². The highest BCUT2D eigenvalue weighted by Gasteiger charge is 2.29. The third-order valence-corrected chi connectivity index (χ3v) is 5.61. The molecule has 0 saturated heterocycles. The molecule has 0 atom stereocenters. The van der Waals surface area contributed by atoms with Gasteiger partial charge in [-0.1, -0.05) is 30.3 Å². The van der Waals surface area contributed by atoms with Gasteiger partial charge in [-0.25, -0.2) is 18.4 Å². The van der Waals surface area contributed by atoms with Gasteiger partial charge in [0, 0.05) is 23.5 Å². The lowest BCUT2D eigenvalue weighted by molar-refractivity contribution is 0.559. The lowest BCUT2D eigenvalue weighted by Gasteiger charge is -2.18. The van der Waals surface area contributed by atoms with Crippen LogP contribution in [0.3, 0.4) is 0 Å². The molecule has 0 N–H and O–H groups in total. The highest BCUT2D eigenvalue weighted by atomic mass is 32.2. The first-order valence-corrected chi connectivity index (χ1v) is 8.03. The van der Waals surface area contributed by atoms with E-state index in [1.807, 2.05) is 30.3 Å². The molecule has 0 aliphatic rings. The van der Waals surface area contributed by atoms with E-state index in [9.17, 15) is 8.42 Å². The van der Waals surface area contributed by atoms with Gasteiger partial charge in [0.05, 0.1) is 10.5 Å². The molecule has 0 fully saturated rings. The van der Waals surface area contributed by atoms with Crippen molar-refractivity contribution in [1.82, 2.24) is 9.97 Å². The first-order chi connectivity index (χ1) is 9.29. The number of rotatable bonds is 3. The van der Waals surface area contributed by atoms with Gasteiger partial charge in [0.1, 0.15) is 0 Å². The summed E-state index contributed by atoms with van der Waals surface area (Å²) >= 11 is 0. The highest BCUT2D eigenvalue weighted by molar-refractivity contribution is 7.91. The number of hydrogen-bond donors (Lipinski definition) is 0. The van der Waals surface area contributed by atoms with E-state index in [0.717, 1.165) is 5.56 Å². The largest absolute Gasteiger partial charge is 0.236 e. The fourth-order valence-corrected chi connectivity index (χ4v) is 2.62. The predicted octanol–water partition coefficient (Wildman–Crippen LogP) is 2.86. The van der Waals surface area contributed by atoms with E-state index in [0.29, 0.717) is 11.4 Å². The fraction of sp³-hybridized carbons (Fsp3) is 0.333. The number of aromatic nitrogens is 2. The van der Waals surface area contributed by atoms with Crippen LogP contribution in [0.15, 0.2) is 42.7 Å². The minimum absolute atomic E-state index is 0.0361. The van der Waals surface area contributed by atoms with E-state index < -0.39 is 14.6 Å². The van der Waals surface area contributed by atoms with E-state index >= 15 is 0 Å². The number of hydrogen-bond acceptors (Lipinski definition) is 4. The first kappa shape index (κ1) is 14.7. The van der Waals surface area contributed by atoms with E-state index in [2.05, 4.69) is 9.97 Å². The molecule has 0 radical (unpaired) electrons. The standard InChI is InChI=1S/C15H18N2O2S/c1-15(2,3)20(18,19)11-12-9-16-14(17-10-12)13-7-5-4-6-8-13/h4-10H,11H2,1-3H3. The monoisotopic (exact) mass is 290 g/mol. The third kappa shape index (κ3) is 3.22. The van der Waals surface area contributed by atoms with Crippen molar-refractivity contribution in [1.29, 1.82) is 0 Å². The molecule has 0 bridgehead atoms. The van der Waals surface area contributed by atoms with Crippen LogP contribution < -0.4 is 0 Å². The summed E-state index contributed by atoms with van der Waals surface area (Å²) < 4.78 is 23.5. The average molecular weight is 290 g/mol. The Labute approximate surface area is 119 Å². The second kappa shape index (κ2) is 5.32. The lowest BCUT2D eigenvalue weighted by atomic mass is 10.2. The molecular formula is C15H18N2O2S. The summed E-state index contributed by atoms with van der Waals surface area (Å²) in [4.78, 5) is 8.48.